The molecule has 0 bridgehead atoms. The molecular weight excluding hydrogens is 232 g/mol. The van der Waals surface area contributed by atoms with Gasteiger partial charge in [0, 0.05) is 13.1 Å². The van der Waals surface area contributed by atoms with E-state index < -0.39 is 0 Å². The number of fused-ring (bicyclic) bond motifs is 3. The number of nitrogens with one attached hydrogen (secondary N) is 1. The summed E-state index contributed by atoms with van der Waals surface area (Å²) in [6.45, 7) is 3.30. The maximum atomic E-state index is 3.79. The molecule has 2 nitrogen and oxygen atoms in total. The minimum Gasteiger partial charge on any atom is -0.291 e. The van der Waals surface area contributed by atoms with Crippen LogP contribution in [0.5, 0.6) is 0 Å². The Hall–Kier alpha value is -1.64. The number of hydrogen-bond donors (Lipinski definition) is 1. The first-order chi connectivity index (χ1) is 9.41. The summed E-state index contributed by atoms with van der Waals surface area (Å²) in [5.74, 6) is 0. The smallest absolute Gasteiger partial charge is 0.124 e. The van der Waals surface area contributed by atoms with E-state index in [0.29, 0.717) is 0 Å². The molecule has 2 aliphatic rings. The molecule has 1 atom stereocenters. The van der Waals surface area contributed by atoms with Gasteiger partial charge >= 0.3 is 0 Å². The van der Waals surface area contributed by atoms with Crippen molar-refractivity contribution < 1.29 is 0 Å². The van der Waals surface area contributed by atoms with Crippen LogP contribution in [0.15, 0.2) is 54.6 Å². The Balaban J connectivity index is 1.95. The molecule has 1 N–H and O–H groups in total. The summed E-state index contributed by atoms with van der Waals surface area (Å²) in [5.41, 5.74) is 4.15. The SMILES string of the molecule is c1ccc(C23NCCCN2Cc2ccccc23)cc1. The van der Waals surface area contributed by atoms with Gasteiger partial charge in [0.15, 0.2) is 0 Å². The fraction of sp³-hybridized carbons (Fsp3) is 0.294. The highest BCUT2D eigenvalue weighted by atomic mass is 15.4. The maximum Gasteiger partial charge on any atom is 0.124 e. The average Bonchev–Trinajstić information content (AvgIpc) is 2.84. The van der Waals surface area contributed by atoms with Crippen LogP contribution >= 0.6 is 0 Å². The van der Waals surface area contributed by atoms with Crippen molar-refractivity contribution in [3.63, 3.8) is 0 Å². The molecule has 2 aromatic rings. The lowest BCUT2D eigenvalue weighted by Gasteiger charge is -2.44. The molecule has 0 amide bonds. The van der Waals surface area contributed by atoms with Gasteiger partial charge in [-0.05, 0) is 29.7 Å². The minimum atomic E-state index is -0.101. The molecule has 4 rings (SSSR count). The number of nitrogens with zero attached hydrogens (tertiary/aromatic N) is 1. The van der Waals surface area contributed by atoms with Crippen LogP contribution in [0.1, 0.15) is 23.1 Å². The fourth-order valence-electron chi connectivity index (χ4n) is 3.62. The Morgan fingerprint density at radius 2 is 1.74 bits per heavy atom. The molecule has 2 aliphatic heterocycles. The van der Waals surface area contributed by atoms with E-state index in [1.807, 2.05) is 0 Å². The first kappa shape index (κ1) is 11.2. The molecular formula is C17H18N2. The highest BCUT2D eigenvalue weighted by Gasteiger charge is 2.47. The van der Waals surface area contributed by atoms with E-state index >= 15 is 0 Å². The predicted octanol–water partition coefficient (Wildman–Crippen LogP) is 2.70. The zero-order valence-corrected chi connectivity index (χ0v) is 11.0. The van der Waals surface area contributed by atoms with Gasteiger partial charge in [-0.1, -0.05) is 54.6 Å². The van der Waals surface area contributed by atoms with E-state index in [2.05, 4.69) is 64.8 Å². The first-order valence-corrected chi connectivity index (χ1v) is 7.05. The standard InChI is InChI=1S/C17H18N2/c1-2-8-15(9-3-1)17-16-10-5-4-7-14(16)13-19(17)12-6-11-18-17/h1-5,7-10,18H,6,11-13H2. The second-order valence-corrected chi connectivity index (χ2v) is 5.44. The highest BCUT2D eigenvalue weighted by Crippen LogP contribution is 2.43. The number of hydrogen-bond acceptors (Lipinski definition) is 2. The Kier molecular flexibility index (Phi) is 2.47. The first-order valence-electron chi connectivity index (χ1n) is 7.05. The Labute approximate surface area is 114 Å². The van der Waals surface area contributed by atoms with E-state index in [1.54, 1.807) is 0 Å². The van der Waals surface area contributed by atoms with Gasteiger partial charge < -0.3 is 0 Å². The molecule has 1 unspecified atom stereocenters. The van der Waals surface area contributed by atoms with Crippen molar-refractivity contribution in [1.29, 1.82) is 0 Å². The third-order valence-electron chi connectivity index (χ3n) is 4.42. The summed E-state index contributed by atoms with van der Waals surface area (Å²) in [7, 11) is 0. The third kappa shape index (κ3) is 1.50. The van der Waals surface area contributed by atoms with Crippen molar-refractivity contribution in [1.82, 2.24) is 10.2 Å². The van der Waals surface area contributed by atoms with Crippen LogP contribution in [0.4, 0.5) is 0 Å². The second-order valence-electron chi connectivity index (χ2n) is 5.44. The Bertz CT molecular complexity index is 593. The van der Waals surface area contributed by atoms with Crippen LogP contribution in [0.25, 0.3) is 0 Å². The zero-order chi connectivity index (χ0) is 12.7. The van der Waals surface area contributed by atoms with Gasteiger partial charge in [-0.3, -0.25) is 10.2 Å². The Morgan fingerprint density at radius 1 is 0.947 bits per heavy atom. The van der Waals surface area contributed by atoms with Gasteiger partial charge in [-0.25, -0.2) is 0 Å². The minimum absolute atomic E-state index is 0.101. The van der Waals surface area contributed by atoms with Gasteiger partial charge in [0.2, 0.25) is 0 Å². The van der Waals surface area contributed by atoms with Crippen molar-refractivity contribution in [2.45, 2.75) is 18.6 Å². The summed E-state index contributed by atoms with van der Waals surface area (Å²) in [6.07, 6.45) is 1.22. The van der Waals surface area contributed by atoms with Crippen LogP contribution in [0.3, 0.4) is 0 Å². The molecule has 96 valence electrons. The molecule has 0 aromatic heterocycles. The molecule has 0 aliphatic carbocycles. The number of benzene rings is 2. The van der Waals surface area contributed by atoms with Gasteiger partial charge in [-0.2, -0.15) is 0 Å². The van der Waals surface area contributed by atoms with Gasteiger partial charge in [0.1, 0.15) is 5.66 Å². The lowest BCUT2D eigenvalue weighted by molar-refractivity contribution is 0.0722. The highest BCUT2D eigenvalue weighted by molar-refractivity contribution is 5.46. The van der Waals surface area contributed by atoms with E-state index in [-0.39, 0.29) is 5.66 Å². The average molecular weight is 250 g/mol. The van der Waals surface area contributed by atoms with Gasteiger partial charge in [0.05, 0.1) is 0 Å². The van der Waals surface area contributed by atoms with Crippen molar-refractivity contribution in [2.24, 2.45) is 0 Å². The van der Waals surface area contributed by atoms with Crippen molar-refractivity contribution in [2.75, 3.05) is 13.1 Å². The van der Waals surface area contributed by atoms with Gasteiger partial charge in [0.25, 0.3) is 0 Å². The zero-order valence-electron chi connectivity index (χ0n) is 11.0. The van der Waals surface area contributed by atoms with E-state index in [9.17, 15) is 0 Å². The molecule has 2 heterocycles. The van der Waals surface area contributed by atoms with Gasteiger partial charge in [-0.15, -0.1) is 0 Å². The van der Waals surface area contributed by atoms with Crippen molar-refractivity contribution >= 4 is 0 Å². The lowest BCUT2D eigenvalue weighted by Crippen LogP contribution is -2.57. The number of rotatable bonds is 1. The van der Waals surface area contributed by atoms with Crippen molar-refractivity contribution in [3.05, 3.63) is 71.3 Å². The summed E-state index contributed by atoms with van der Waals surface area (Å²) in [4.78, 5) is 2.58. The molecule has 19 heavy (non-hydrogen) atoms. The van der Waals surface area contributed by atoms with E-state index in [4.69, 9.17) is 0 Å². The normalized spacial score (nSPS) is 25.9. The molecule has 2 heteroatoms. The summed E-state index contributed by atoms with van der Waals surface area (Å²) in [5, 5.41) is 3.79. The molecule has 0 spiro atoms. The topological polar surface area (TPSA) is 15.3 Å². The second kappa shape index (κ2) is 4.19. The monoisotopic (exact) mass is 250 g/mol. The molecule has 0 radical (unpaired) electrons. The van der Waals surface area contributed by atoms with Crippen LogP contribution < -0.4 is 5.32 Å². The molecule has 1 saturated heterocycles. The summed E-state index contributed by atoms with van der Waals surface area (Å²) < 4.78 is 0. The summed E-state index contributed by atoms with van der Waals surface area (Å²) >= 11 is 0. The van der Waals surface area contributed by atoms with E-state index in [0.717, 1.165) is 19.6 Å². The Morgan fingerprint density at radius 3 is 2.63 bits per heavy atom. The quantitative estimate of drug-likeness (QED) is 0.837. The summed E-state index contributed by atoms with van der Waals surface area (Å²) in [6, 6.07) is 19.7. The van der Waals surface area contributed by atoms with Crippen LogP contribution in [-0.4, -0.2) is 18.0 Å². The largest absolute Gasteiger partial charge is 0.291 e. The maximum absolute atomic E-state index is 3.79. The predicted molar refractivity (Wildman–Crippen MR) is 76.7 cm³/mol. The van der Waals surface area contributed by atoms with Crippen LogP contribution in [0.2, 0.25) is 0 Å². The third-order valence-corrected chi connectivity index (χ3v) is 4.42. The fourth-order valence-corrected chi connectivity index (χ4v) is 3.62. The van der Waals surface area contributed by atoms with Crippen LogP contribution in [-0.2, 0) is 12.2 Å². The van der Waals surface area contributed by atoms with Crippen molar-refractivity contribution in [3.8, 4) is 0 Å². The van der Waals surface area contributed by atoms with Crippen LogP contribution in [0, 0.1) is 0 Å². The molecule has 2 aromatic carbocycles. The molecule has 0 saturated carbocycles. The lowest BCUT2D eigenvalue weighted by atomic mass is 9.89. The molecule has 1 fully saturated rings. The van der Waals surface area contributed by atoms with E-state index in [1.165, 1.54) is 23.1 Å².